The third-order valence-corrected chi connectivity index (χ3v) is 1.89. The minimum Gasteiger partial charge on any atom is -0.478 e. The van der Waals surface area contributed by atoms with Gasteiger partial charge in [0, 0.05) is 12.3 Å². The summed E-state index contributed by atoms with van der Waals surface area (Å²) in [6.07, 6.45) is 2.29. The normalized spacial score (nSPS) is 11.3. The number of nitrogens with one attached hydrogen (secondary N) is 1. The van der Waals surface area contributed by atoms with E-state index in [1.165, 1.54) is 6.20 Å². The van der Waals surface area contributed by atoms with E-state index >= 15 is 0 Å². The van der Waals surface area contributed by atoms with E-state index in [2.05, 4.69) is 15.3 Å². The van der Waals surface area contributed by atoms with Crippen molar-refractivity contribution in [2.24, 2.45) is 5.73 Å². The van der Waals surface area contributed by atoms with Crippen LogP contribution in [0.1, 0.15) is 13.3 Å². The number of alkyl halides is 2. The Balaban J connectivity index is 2.53. The summed E-state index contributed by atoms with van der Waals surface area (Å²) < 4.78 is 31.0. The first-order valence-electron chi connectivity index (χ1n) is 5.35. The number of anilines is 1. The molecule has 0 saturated carbocycles. The Morgan fingerprint density at radius 3 is 2.94 bits per heavy atom. The fourth-order valence-corrected chi connectivity index (χ4v) is 0.995. The maximum absolute atomic E-state index is 12.9. The minimum absolute atomic E-state index is 0.103. The highest BCUT2D eigenvalue weighted by atomic mass is 19.3. The second kappa shape index (κ2) is 6.29. The van der Waals surface area contributed by atoms with Crippen LogP contribution in [0, 0.1) is 0 Å². The van der Waals surface area contributed by atoms with Crippen LogP contribution in [0.5, 0.6) is 5.88 Å². The van der Waals surface area contributed by atoms with Crippen molar-refractivity contribution in [2.75, 3.05) is 25.0 Å². The Bertz CT molecular complexity index is 349. The highest BCUT2D eigenvalue weighted by Gasteiger charge is 2.26. The van der Waals surface area contributed by atoms with Crippen LogP contribution in [-0.2, 0) is 0 Å². The molecule has 1 aromatic rings. The van der Waals surface area contributed by atoms with Crippen molar-refractivity contribution in [3.63, 3.8) is 0 Å². The van der Waals surface area contributed by atoms with Crippen LogP contribution in [-0.4, -0.2) is 35.6 Å². The van der Waals surface area contributed by atoms with Gasteiger partial charge in [0.05, 0.1) is 19.7 Å². The molecule has 0 saturated heterocycles. The SMILES string of the molecule is CCCOc1ccnc(NCC(F)(F)CN)n1. The van der Waals surface area contributed by atoms with E-state index in [1.807, 2.05) is 6.92 Å². The number of nitrogens with two attached hydrogens (primary N) is 1. The van der Waals surface area contributed by atoms with Gasteiger partial charge in [-0.15, -0.1) is 0 Å². The summed E-state index contributed by atoms with van der Waals surface area (Å²) in [5, 5.41) is 2.42. The van der Waals surface area contributed by atoms with Gasteiger partial charge >= 0.3 is 0 Å². The summed E-state index contributed by atoms with van der Waals surface area (Å²) in [5.74, 6) is -2.50. The van der Waals surface area contributed by atoms with Crippen LogP contribution >= 0.6 is 0 Å². The lowest BCUT2D eigenvalue weighted by Crippen LogP contribution is -2.35. The van der Waals surface area contributed by atoms with E-state index in [4.69, 9.17) is 10.5 Å². The van der Waals surface area contributed by atoms with Crippen LogP contribution < -0.4 is 15.8 Å². The molecule has 0 atom stereocenters. The van der Waals surface area contributed by atoms with Crippen molar-refractivity contribution in [3.8, 4) is 5.88 Å². The van der Waals surface area contributed by atoms with E-state index in [9.17, 15) is 8.78 Å². The quantitative estimate of drug-likeness (QED) is 0.758. The summed E-state index contributed by atoms with van der Waals surface area (Å²) in [4.78, 5) is 7.74. The molecule has 1 heterocycles. The van der Waals surface area contributed by atoms with Crippen molar-refractivity contribution in [1.29, 1.82) is 0 Å². The lowest BCUT2D eigenvalue weighted by atomic mass is 10.3. The minimum atomic E-state index is -2.97. The third kappa shape index (κ3) is 4.90. The van der Waals surface area contributed by atoms with Crippen molar-refractivity contribution in [3.05, 3.63) is 12.3 Å². The number of nitrogens with zero attached hydrogens (tertiary/aromatic N) is 2. The average Bonchev–Trinajstić information content (AvgIpc) is 2.35. The Morgan fingerprint density at radius 2 is 2.29 bits per heavy atom. The van der Waals surface area contributed by atoms with Gasteiger partial charge in [-0.05, 0) is 6.42 Å². The maximum atomic E-state index is 12.9. The van der Waals surface area contributed by atoms with Gasteiger partial charge in [-0.3, -0.25) is 0 Å². The molecule has 1 rings (SSSR count). The van der Waals surface area contributed by atoms with Crippen molar-refractivity contribution in [2.45, 2.75) is 19.3 Å². The Morgan fingerprint density at radius 1 is 1.53 bits per heavy atom. The van der Waals surface area contributed by atoms with Gasteiger partial charge in [0.1, 0.15) is 0 Å². The first-order valence-corrected chi connectivity index (χ1v) is 5.35. The zero-order valence-corrected chi connectivity index (χ0v) is 9.62. The van der Waals surface area contributed by atoms with Gasteiger partial charge in [0.25, 0.3) is 5.92 Å². The Labute approximate surface area is 98.4 Å². The number of hydrogen-bond acceptors (Lipinski definition) is 5. The molecule has 1 aromatic heterocycles. The highest BCUT2D eigenvalue weighted by molar-refractivity contribution is 5.27. The monoisotopic (exact) mass is 246 g/mol. The van der Waals surface area contributed by atoms with Crippen molar-refractivity contribution >= 4 is 5.95 Å². The number of aromatic nitrogens is 2. The smallest absolute Gasteiger partial charge is 0.277 e. The number of rotatable bonds is 7. The lowest BCUT2D eigenvalue weighted by Gasteiger charge is -2.14. The molecule has 0 fully saturated rings. The number of halogens is 2. The van der Waals surface area contributed by atoms with E-state index < -0.39 is 19.0 Å². The Hall–Kier alpha value is -1.50. The highest BCUT2D eigenvalue weighted by Crippen LogP contribution is 2.13. The molecule has 0 aromatic carbocycles. The van der Waals surface area contributed by atoms with Crippen molar-refractivity contribution < 1.29 is 13.5 Å². The molecular weight excluding hydrogens is 230 g/mol. The van der Waals surface area contributed by atoms with Gasteiger partial charge in [-0.2, -0.15) is 4.98 Å². The second-order valence-electron chi connectivity index (χ2n) is 3.48. The summed E-state index contributed by atoms with van der Waals surface area (Å²) in [6, 6.07) is 1.57. The molecule has 0 aliphatic rings. The molecular formula is C10H16F2N4O. The van der Waals surface area contributed by atoms with Crippen LogP contribution in [0.2, 0.25) is 0 Å². The molecule has 0 bridgehead atoms. The predicted octanol–water partition coefficient (Wildman–Crippen LogP) is 1.27. The van der Waals surface area contributed by atoms with Gasteiger partial charge in [-0.25, -0.2) is 13.8 Å². The Kier molecular flexibility index (Phi) is 5.02. The van der Waals surface area contributed by atoms with Crippen LogP contribution in [0.25, 0.3) is 0 Å². The fourth-order valence-electron chi connectivity index (χ4n) is 0.995. The molecule has 3 N–H and O–H groups in total. The zero-order chi connectivity index (χ0) is 12.7. The van der Waals surface area contributed by atoms with Gasteiger partial charge in [-0.1, -0.05) is 6.92 Å². The second-order valence-corrected chi connectivity index (χ2v) is 3.48. The average molecular weight is 246 g/mol. The summed E-state index contributed by atoms with van der Waals surface area (Å²) >= 11 is 0. The largest absolute Gasteiger partial charge is 0.478 e. The molecule has 0 amide bonds. The van der Waals surface area contributed by atoms with E-state index in [0.29, 0.717) is 12.5 Å². The van der Waals surface area contributed by atoms with Gasteiger partial charge in [0.15, 0.2) is 0 Å². The fraction of sp³-hybridized carbons (Fsp3) is 0.600. The molecule has 0 aliphatic heterocycles. The zero-order valence-electron chi connectivity index (χ0n) is 9.62. The van der Waals surface area contributed by atoms with Gasteiger partial charge in [0.2, 0.25) is 11.8 Å². The van der Waals surface area contributed by atoms with Crippen LogP contribution in [0.15, 0.2) is 12.3 Å². The molecule has 0 spiro atoms. The van der Waals surface area contributed by atoms with Gasteiger partial charge < -0.3 is 15.8 Å². The number of hydrogen-bond donors (Lipinski definition) is 2. The van der Waals surface area contributed by atoms with E-state index in [1.54, 1.807) is 6.07 Å². The van der Waals surface area contributed by atoms with E-state index in [-0.39, 0.29) is 5.95 Å². The molecule has 96 valence electrons. The molecule has 7 heteroatoms. The first-order chi connectivity index (χ1) is 8.07. The van der Waals surface area contributed by atoms with E-state index in [0.717, 1.165) is 6.42 Å². The molecule has 5 nitrogen and oxygen atoms in total. The lowest BCUT2D eigenvalue weighted by molar-refractivity contribution is 0.0252. The first kappa shape index (κ1) is 13.6. The third-order valence-electron chi connectivity index (χ3n) is 1.89. The standard InChI is InChI=1S/C10H16F2N4O/c1-2-5-17-8-3-4-14-9(16-8)15-7-10(11,12)6-13/h3-4H,2,5-7,13H2,1H3,(H,14,15,16). The predicted molar refractivity (Wildman–Crippen MR) is 60.3 cm³/mol. The molecule has 0 unspecified atom stereocenters. The summed E-state index contributed by atoms with van der Waals surface area (Å²) in [5.41, 5.74) is 4.91. The number of ether oxygens (including phenoxy) is 1. The van der Waals surface area contributed by atoms with Crippen LogP contribution in [0.4, 0.5) is 14.7 Å². The maximum Gasteiger partial charge on any atom is 0.277 e. The van der Waals surface area contributed by atoms with Crippen LogP contribution in [0.3, 0.4) is 0 Å². The molecule has 17 heavy (non-hydrogen) atoms. The summed E-state index contributed by atoms with van der Waals surface area (Å²) in [7, 11) is 0. The van der Waals surface area contributed by atoms with Crippen molar-refractivity contribution in [1.82, 2.24) is 9.97 Å². The molecule has 0 radical (unpaired) electrons. The molecule has 0 aliphatic carbocycles. The summed E-state index contributed by atoms with van der Waals surface area (Å²) in [6.45, 7) is 1.17. The topological polar surface area (TPSA) is 73.1 Å².